The summed E-state index contributed by atoms with van der Waals surface area (Å²) in [5, 5.41) is 11.8. The first-order valence-electron chi connectivity index (χ1n) is 9.59. The number of aromatic nitrogens is 4. The van der Waals surface area contributed by atoms with Gasteiger partial charge in [0.25, 0.3) is 0 Å². The van der Waals surface area contributed by atoms with E-state index < -0.39 is 11.9 Å². The zero-order valence-corrected chi connectivity index (χ0v) is 17.0. The lowest BCUT2D eigenvalue weighted by atomic mass is 10.1. The molecule has 4 aromatic rings. The van der Waals surface area contributed by atoms with Crippen LogP contribution >= 0.6 is 0 Å². The third-order valence-corrected chi connectivity index (χ3v) is 4.51. The van der Waals surface area contributed by atoms with Gasteiger partial charge in [0.1, 0.15) is 12.4 Å². The SMILES string of the molecule is COC(=O)c1ccc(COC(=O)C(=Cc2ccco2)n2nnnc2-c2ccccc2)cc1. The molecule has 0 spiro atoms. The zero-order valence-electron chi connectivity index (χ0n) is 17.0. The third-order valence-electron chi connectivity index (χ3n) is 4.51. The molecule has 2 heterocycles. The Balaban J connectivity index is 1.59. The van der Waals surface area contributed by atoms with Crippen molar-refractivity contribution >= 4 is 23.7 Å². The van der Waals surface area contributed by atoms with Gasteiger partial charge in [0.2, 0.25) is 0 Å². The van der Waals surface area contributed by atoms with Crippen molar-refractivity contribution in [2.75, 3.05) is 7.11 Å². The quantitative estimate of drug-likeness (QED) is 0.324. The summed E-state index contributed by atoms with van der Waals surface area (Å²) in [6.45, 7) is -0.0153. The second-order valence-corrected chi connectivity index (χ2v) is 6.59. The van der Waals surface area contributed by atoms with E-state index in [9.17, 15) is 9.59 Å². The standard InChI is InChI=1S/C23H18N4O5/c1-30-22(28)18-11-9-16(10-12-18)15-32-23(29)20(14-19-8-5-13-31-19)27-21(24-25-26-27)17-6-3-2-4-7-17/h2-14H,15H2,1H3. The fourth-order valence-electron chi connectivity index (χ4n) is 2.91. The van der Waals surface area contributed by atoms with Crippen molar-refractivity contribution in [1.82, 2.24) is 20.2 Å². The topological polar surface area (TPSA) is 109 Å². The number of benzene rings is 2. The molecule has 0 saturated carbocycles. The van der Waals surface area contributed by atoms with E-state index in [1.807, 2.05) is 30.3 Å². The Morgan fingerprint density at radius 1 is 1.03 bits per heavy atom. The normalized spacial score (nSPS) is 11.2. The molecule has 9 nitrogen and oxygen atoms in total. The van der Waals surface area contributed by atoms with Crippen molar-refractivity contribution in [1.29, 1.82) is 0 Å². The van der Waals surface area contributed by atoms with Crippen LogP contribution < -0.4 is 0 Å². The van der Waals surface area contributed by atoms with Crippen LogP contribution in [0.5, 0.6) is 0 Å². The van der Waals surface area contributed by atoms with Crippen LogP contribution in [0.4, 0.5) is 0 Å². The maximum Gasteiger partial charge on any atom is 0.357 e. The summed E-state index contributed by atoms with van der Waals surface area (Å²) in [7, 11) is 1.31. The molecule has 0 aliphatic rings. The summed E-state index contributed by atoms with van der Waals surface area (Å²) in [6.07, 6.45) is 3.00. The largest absolute Gasteiger partial charge is 0.465 e. The van der Waals surface area contributed by atoms with Crippen molar-refractivity contribution in [3.63, 3.8) is 0 Å². The van der Waals surface area contributed by atoms with Crippen LogP contribution in [0.3, 0.4) is 0 Å². The van der Waals surface area contributed by atoms with Gasteiger partial charge in [-0.25, -0.2) is 9.59 Å². The van der Waals surface area contributed by atoms with Crippen LogP contribution in [-0.4, -0.2) is 39.3 Å². The van der Waals surface area contributed by atoms with Gasteiger partial charge >= 0.3 is 11.9 Å². The van der Waals surface area contributed by atoms with Gasteiger partial charge in [-0.1, -0.05) is 42.5 Å². The Hall–Kier alpha value is -4.53. The summed E-state index contributed by atoms with van der Waals surface area (Å²) in [5.41, 5.74) is 1.91. The van der Waals surface area contributed by atoms with Gasteiger partial charge in [-0.2, -0.15) is 4.68 Å². The van der Waals surface area contributed by atoms with Crippen LogP contribution in [0, 0.1) is 0 Å². The van der Waals surface area contributed by atoms with Crippen LogP contribution in [0.2, 0.25) is 0 Å². The molecule has 0 unspecified atom stereocenters. The number of esters is 2. The monoisotopic (exact) mass is 430 g/mol. The van der Waals surface area contributed by atoms with Gasteiger partial charge in [0, 0.05) is 11.6 Å². The average molecular weight is 430 g/mol. The number of methoxy groups -OCH3 is 1. The Bertz CT molecular complexity index is 1230. The third kappa shape index (κ3) is 4.62. The lowest BCUT2D eigenvalue weighted by Gasteiger charge is -2.10. The first-order valence-corrected chi connectivity index (χ1v) is 9.59. The molecule has 2 aromatic carbocycles. The molecule has 4 rings (SSSR count). The van der Waals surface area contributed by atoms with Crippen molar-refractivity contribution < 1.29 is 23.5 Å². The van der Waals surface area contributed by atoms with E-state index >= 15 is 0 Å². The number of carbonyl (C=O) groups excluding carboxylic acids is 2. The van der Waals surface area contributed by atoms with Crippen LogP contribution in [0.15, 0.2) is 77.4 Å². The molecule has 0 saturated heterocycles. The van der Waals surface area contributed by atoms with Gasteiger partial charge < -0.3 is 13.9 Å². The number of carbonyl (C=O) groups is 2. The Morgan fingerprint density at radius 2 is 1.81 bits per heavy atom. The summed E-state index contributed by atoms with van der Waals surface area (Å²) in [4.78, 5) is 24.6. The molecular weight excluding hydrogens is 412 g/mol. The van der Waals surface area contributed by atoms with Crippen molar-refractivity contribution in [2.45, 2.75) is 6.61 Å². The molecular formula is C23H18N4O5. The highest BCUT2D eigenvalue weighted by atomic mass is 16.5. The van der Waals surface area contributed by atoms with Crippen molar-refractivity contribution in [3.05, 3.63) is 89.9 Å². The fourth-order valence-corrected chi connectivity index (χ4v) is 2.91. The number of ether oxygens (including phenoxy) is 2. The van der Waals surface area contributed by atoms with Gasteiger partial charge in [-0.05, 0) is 40.3 Å². The van der Waals surface area contributed by atoms with Crippen LogP contribution in [-0.2, 0) is 20.9 Å². The summed E-state index contributed by atoms with van der Waals surface area (Å²) in [5.74, 6) is -0.274. The molecule has 32 heavy (non-hydrogen) atoms. The second kappa shape index (κ2) is 9.52. The second-order valence-electron chi connectivity index (χ2n) is 6.59. The molecule has 0 N–H and O–H groups in total. The number of nitrogens with zero attached hydrogens (tertiary/aromatic N) is 4. The fraction of sp³-hybridized carbons (Fsp3) is 0.0870. The average Bonchev–Trinajstić information content (AvgIpc) is 3.53. The van der Waals surface area contributed by atoms with Gasteiger partial charge in [-0.3, -0.25) is 0 Å². The number of rotatable bonds is 7. The minimum absolute atomic E-state index is 0.0153. The van der Waals surface area contributed by atoms with Gasteiger partial charge in [0.15, 0.2) is 11.5 Å². The van der Waals surface area contributed by atoms with E-state index in [2.05, 4.69) is 20.3 Å². The lowest BCUT2D eigenvalue weighted by molar-refractivity contribution is -0.138. The lowest BCUT2D eigenvalue weighted by Crippen LogP contribution is -2.15. The molecule has 0 radical (unpaired) electrons. The van der Waals surface area contributed by atoms with E-state index in [1.54, 1.807) is 36.4 Å². The maximum atomic E-state index is 13.0. The molecule has 160 valence electrons. The number of hydrogen-bond donors (Lipinski definition) is 0. The Kier molecular flexibility index (Phi) is 6.17. The summed E-state index contributed by atoms with van der Waals surface area (Å²) in [6, 6.07) is 19.2. The molecule has 0 atom stereocenters. The van der Waals surface area contributed by atoms with E-state index in [1.165, 1.54) is 24.1 Å². The molecule has 0 aliphatic heterocycles. The van der Waals surface area contributed by atoms with Crippen LogP contribution in [0.1, 0.15) is 21.7 Å². The molecule has 0 bridgehead atoms. The van der Waals surface area contributed by atoms with Gasteiger partial charge in [-0.15, -0.1) is 5.10 Å². The predicted molar refractivity (Wildman–Crippen MR) is 114 cm³/mol. The highest BCUT2D eigenvalue weighted by Gasteiger charge is 2.21. The first-order chi connectivity index (χ1) is 15.7. The van der Waals surface area contributed by atoms with Gasteiger partial charge in [0.05, 0.1) is 18.9 Å². The highest BCUT2D eigenvalue weighted by Crippen LogP contribution is 2.21. The smallest absolute Gasteiger partial charge is 0.357 e. The predicted octanol–water partition coefficient (Wildman–Crippen LogP) is 3.46. The van der Waals surface area contributed by atoms with E-state index in [-0.39, 0.29) is 12.3 Å². The number of furan rings is 1. The van der Waals surface area contributed by atoms with Crippen LogP contribution in [0.25, 0.3) is 23.2 Å². The molecule has 9 heteroatoms. The minimum Gasteiger partial charge on any atom is -0.465 e. The Labute approximate surface area is 182 Å². The highest BCUT2D eigenvalue weighted by molar-refractivity contribution is 6.15. The maximum absolute atomic E-state index is 13.0. The van der Waals surface area contributed by atoms with Crippen molar-refractivity contribution in [3.8, 4) is 11.4 Å². The van der Waals surface area contributed by atoms with E-state index in [0.29, 0.717) is 22.7 Å². The molecule has 2 aromatic heterocycles. The zero-order chi connectivity index (χ0) is 22.3. The molecule has 0 amide bonds. The van der Waals surface area contributed by atoms with E-state index in [0.717, 1.165) is 5.56 Å². The molecule has 0 fully saturated rings. The van der Waals surface area contributed by atoms with Crippen molar-refractivity contribution in [2.24, 2.45) is 0 Å². The number of hydrogen-bond acceptors (Lipinski definition) is 8. The minimum atomic E-state index is -0.650. The summed E-state index contributed by atoms with van der Waals surface area (Å²) < 4.78 is 16.8. The number of tetrazole rings is 1. The van der Waals surface area contributed by atoms with E-state index in [4.69, 9.17) is 9.15 Å². The first kappa shape index (κ1) is 20.7. The Morgan fingerprint density at radius 3 is 2.50 bits per heavy atom. The molecule has 0 aliphatic carbocycles. The summed E-state index contributed by atoms with van der Waals surface area (Å²) >= 11 is 0.